The quantitative estimate of drug-likeness (QED) is 0.0690. The minimum Gasteiger partial charge on any atom is -0.394 e. The fourth-order valence-corrected chi connectivity index (χ4v) is 10.8. The average Bonchev–Trinajstić information content (AvgIpc) is 2.12. The van der Waals surface area contributed by atoms with Gasteiger partial charge in [-0.15, -0.1) is 0 Å². The summed E-state index contributed by atoms with van der Waals surface area (Å²) < 4.78 is 72.4. The molecule has 6 saturated heterocycles. The minimum absolute atomic E-state index is 0.307. The molecule has 12 rings (SSSR count). The van der Waals surface area contributed by atoms with Crippen molar-refractivity contribution >= 4 is 0 Å². The highest BCUT2D eigenvalue weighted by molar-refractivity contribution is 5.33. The van der Waals surface area contributed by atoms with Gasteiger partial charge in [-0.05, 0) is 63.8 Å². The zero-order chi connectivity index (χ0) is 59.0. The van der Waals surface area contributed by atoms with Gasteiger partial charge >= 0.3 is 0 Å². The molecule has 0 aliphatic carbocycles. The third-order valence-corrected chi connectivity index (χ3v) is 16.0. The Hall–Kier alpha value is -5.40. The van der Waals surface area contributed by atoms with Crippen LogP contribution < -0.4 is 0 Å². The van der Waals surface area contributed by atoms with Gasteiger partial charge in [0.1, 0.15) is 73.2 Å². The van der Waals surface area contributed by atoms with Crippen LogP contribution in [0.2, 0.25) is 0 Å². The lowest BCUT2D eigenvalue weighted by molar-refractivity contribution is -0.373. The maximum Gasteiger partial charge on any atom is 0.184 e. The van der Waals surface area contributed by atoms with Crippen molar-refractivity contribution < 1.29 is 87.5 Å². The molecule has 0 bridgehead atoms. The largest absolute Gasteiger partial charge is 0.394 e. The van der Waals surface area contributed by atoms with Crippen molar-refractivity contribution in [3.05, 3.63) is 212 Å². The molecule has 6 N–H and O–H groups in total. The normalized spacial score (nSPS) is 31.2. The Bertz CT molecular complexity index is 3000. The highest BCUT2D eigenvalue weighted by atomic mass is 16.8. The smallest absolute Gasteiger partial charge is 0.184 e. The summed E-state index contributed by atoms with van der Waals surface area (Å²) in [5.41, 5.74) is 12.2. The first-order valence-electron chi connectivity index (χ1n) is 28.7. The van der Waals surface area contributed by atoms with E-state index in [1.807, 2.05) is 180 Å². The van der Waals surface area contributed by atoms with Gasteiger partial charge in [0.05, 0.1) is 39.6 Å². The molecule has 0 radical (unpaired) electrons. The Labute approximate surface area is 490 Å². The van der Waals surface area contributed by atoms with E-state index in [2.05, 4.69) is 6.92 Å². The maximum absolute atomic E-state index is 10.5. The van der Waals surface area contributed by atoms with Crippen LogP contribution in [0.1, 0.15) is 105 Å². The summed E-state index contributed by atoms with van der Waals surface area (Å²) in [7, 11) is 0. The van der Waals surface area contributed by atoms with Gasteiger partial charge in [-0.25, -0.2) is 0 Å². The average molecular weight is 1160 g/mol. The van der Waals surface area contributed by atoms with Gasteiger partial charge < -0.3 is 87.5 Å². The lowest BCUT2D eigenvalue weighted by atomic mass is 9.98. The van der Waals surface area contributed by atoms with Crippen molar-refractivity contribution in [1.82, 2.24) is 0 Å². The Morgan fingerprint density at radius 3 is 0.952 bits per heavy atom. The zero-order valence-corrected chi connectivity index (χ0v) is 48.1. The van der Waals surface area contributed by atoms with Gasteiger partial charge in [0, 0.05) is 33.4 Å². The summed E-state index contributed by atoms with van der Waals surface area (Å²) in [5.74, 6) is 0. The molecule has 6 aliphatic heterocycles. The summed E-state index contributed by atoms with van der Waals surface area (Å²) in [4.78, 5) is 0. The summed E-state index contributed by atoms with van der Waals surface area (Å²) in [5, 5.41) is 59.7. The van der Waals surface area contributed by atoms with E-state index in [4.69, 9.17) is 56.8 Å². The van der Waals surface area contributed by atoms with Gasteiger partial charge in [-0.3, -0.25) is 0 Å². The number of fused-ring (bicyclic) bond motifs is 3. The summed E-state index contributed by atoms with van der Waals surface area (Å²) in [6, 6.07) is 46.8. The molecule has 18 atom stereocenters. The van der Waals surface area contributed by atoms with Crippen molar-refractivity contribution in [2.24, 2.45) is 0 Å². The SMILES string of the molecule is Cc1ccc(C2OC3COC(c4ccc(C)c(C)c4)OC3C(C(O)CO)O2)cc1C.Cc1ccc(C2OC3COC(c4ccc(C)cc4)OC3C(C(O)CO)O2)cc1.OCC(O)C1OC(c2ccccc2)OC2COC(c3ccccc3)OC21. The number of aliphatic hydroxyl groups is 6. The van der Waals surface area contributed by atoms with Gasteiger partial charge in [-0.1, -0.05) is 157 Å². The second-order valence-corrected chi connectivity index (χ2v) is 22.2. The van der Waals surface area contributed by atoms with Crippen LogP contribution in [-0.2, 0) is 56.8 Å². The molecular weight excluding hydrogens is 1080 g/mol. The van der Waals surface area contributed by atoms with Gasteiger partial charge in [0.25, 0.3) is 0 Å². The number of ether oxygens (including phenoxy) is 12. The number of hydrogen-bond donors (Lipinski definition) is 6. The van der Waals surface area contributed by atoms with E-state index >= 15 is 0 Å². The number of rotatable bonds is 12. The Kier molecular flexibility index (Phi) is 20.9. The van der Waals surface area contributed by atoms with E-state index in [1.54, 1.807) is 0 Å². The van der Waals surface area contributed by atoms with Crippen LogP contribution in [0.25, 0.3) is 0 Å². The first-order chi connectivity index (χ1) is 40.7. The molecule has 6 fully saturated rings. The molecule has 0 saturated carbocycles. The predicted molar refractivity (Wildman–Crippen MR) is 305 cm³/mol. The van der Waals surface area contributed by atoms with Crippen LogP contribution in [0.5, 0.6) is 0 Å². The van der Waals surface area contributed by atoms with Crippen molar-refractivity contribution in [2.45, 2.75) is 153 Å². The number of benzene rings is 6. The van der Waals surface area contributed by atoms with Gasteiger partial charge in [0.15, 0.2) is 37.7 Å². The molecule has 18 nitrogen and oxygen atoms in total. The van der Waals surface area contributed by atoms with E-state index < -0.39 is 131 Å². The molecule has 0 spiro atoms. The molecule has 6 aromatic rings. The van der Waals surface area contributed by atoms with Crippen LogP contribution in [0.3, 0.4) is 0 Å². The number of aliphatic hydroxyl groups excluding tert-OH is 6. The van der Waals surface area contributed by atoms with Crippen LogP contribution in [0, 0.1) is 41.5 Å². The third-order valence-electron chi connectivity index (χ3n) is 16.0. The molecule has 6 aliphatic rings. The molecule has 450 valence electrons. The molecule has 0 aromatic heterocycles. The third kappa shape index (κ3) is 14.5. The zero-order valence-electron chi connectivity index (χ0n) is 48.1. The number of aryl methyl sites for hydroxylation is 6. The predicted octanol–water partition coefficient (Wildman–Crippen LogP) is 7.66. The lowest BCUT2D eigenvalue weighted by Gasteiger charge is -2.47. The fourth-order valence-electron chi connectivity index (χ4n) is 10.8. The van der Waals surface area contributed by atoms with Crippen molar-refractivity contribution in [2.75, 3.05) is 39.6 Å². The van der Waals surface area contributed by atoms with Crippen LogP contribution >= 0.6 is 0 Å². The Morgan fingerprint density at radius 2 is 0.607 bits per heavy atom. The summed E-state index contributed by atoms with van der Waals surface area (Å²) >= 11 is 0. The molecular formula is C66H78O18. The van der Waals surface area contributed by atoms with Gasteiger partial charge in [0.2, 0.25) is 0 Å². The van der Waals surface area contributed by atoms with E-state index in [0.29, 0.717) is 19.8 Å². The molecule has 84 heavy (non-hydrogen) atoms. The van der Waals surface area contributed by atoms with Crippen molar-refractivity contribution in [3.63, 3.8) is 0 Å². The second kappa shape index (κ2) is 28.4. The first-order valence-corrected chi connectivity index (χ1v) is 28.7. The second-order valence-electron chi connectivity index (χ2n) is 22.2. The standard InChI is InChI=1S/C24H30O6.C22H26O6.C20H22O6/c1-13-5-7-17(9-15(13)3)23-27-12-20-22(30-23)21(19(26)11-25)29-24(28-20)18-8-6-14(2)16(4)10-18;1-13-3-7-15(8-4-13)21-25-12-18-20(28-21)19(17(24)11-23)27-22(26-18)16-9-5-14(2)6-10-16;21-11-15(22)17-18-16(24-20(25-17)14-9-5-2-6-10-14)12-23-19(26-18)13-7-3-1-4-8-13/h5-10,19-26H,11-12H2,1-4H3;3-10,17-24H,11-12H2,1-2H3;1-10,15-22H,11-12H2. The van der Waals surface area contributed by atoms with Crippen LogP contribution in [-0.4, -0.2) is 144 Å². The minimum atomic E-state index is -1.09. The summed E-state index contributed by atoms with van der Waals surface area (Å²) in [6.45, 7) is 11.9. The van der Waals surface area contributed by atoms with E-state index in [-0.39, 0.29) is 0 Å². The van der Waals surface area contributed by atoms with Gasteiger partial charge in [-0.2, -0.15) is 0 Å². The highest BCUT2D eigenvalue weighted by Gasteiger charge is 2.51. The van der Waals surface area contributed by atoms with E-state index in [1.165, 1.54) is 11.1 Å². The fraction of sp³-hybridized carbons (Fsp3) is 0.455. The first kappa shape index (κ1) is 61.7. The molecule has 0 amide bonds. The lowest BCUT2D eigenvalue weighted by Crippen LogP contribution is -2.58. The summed E-state index contributed by atoms with van der Waals surface area (Å²) in [6.07, 6.45) is -12.0. The van der Waals surface area contributed by atoms with Crippen molar-refractivity contribution in [1.29, 1.82) is 0 Å². The van der Waals surface area contributed by atoms with E-state index in [0.717, 1.165) is 55.6 Å². The Balaban J connectivity index is 0.000000141. The molecule has 6 heterocycles. The Morgan fingerprint density at radius 1 is 0.321 bits per heavy atom. The van der Waals surface area contributed by atoms with Crippen LogP contribution in [0.15, 0.2) is 146 Å². The maximum atomic E-state index is 10.5. The molecule has 6 aromatic carbocycles. The molecule has 18 heteroatoms. The highest BCUT2D eigenvalue weighted by Crippen LogP contribution is 2.43. The monoisotopic (exact) mass is 1160 g/mol. The van der Waals surface area contributed by atoms with E-state index in [9.17, 15) is 30.6 Å². The van der Waals surface area contributed by atoms with Crippen molar-refractivity contribution in [3.8, 4) is 0 Å². The molecule has 18 unspecified atom stereocenters. The topological polar surface area (TPSA) is 232 Å². The van der Waals surface area contributed by atoms with Crippen LogP contribution in [0.4, 0.5) is 0 Å². The number of hydrogen-bond acceptors (Lipinski definition) is 18.